The highest BCUT2D eigenvalue weighted by Crippen LogP contribution is 2.28. The predicted octanol–water partition coefficient (Wildman–Crippen LogP) is 4.20. The fraction of sp³-hybridized carbons (Fsp3) is 0.188. The van der Waals surface area contributed by atoms with Gasteiger partial charge in [0, 0.05) is 5.02 Å². The summed E-state index contributed by atoms with van der Waals surface area (Å²) in [6.45, 7) is 0. The van der Waals surface area contributed by atoms with Gasteiger partial charge in [-0.1, -0.05) is 41.9 Å². The van der Waals surface area contributed by atoms with Crippen LogP contribution in [0.5, 0.6) is 5.75 Å². The molecule has 0 aromatic heterocycles. The monoisotopic (exact) mass is 271 g/mol. The number of benzene rings is 2. The Kier molecular flexibility index (Phi) is 4.43. The van der Waals surface area contributed by atoms with Gasteiger partial charge < -0.3 is 4.74 Å². The third-order valence-electron chi connectivity index (χ3n) is 3.02. The smallest absolute Gasteiger partial charge is 0.122 e. The maximum Gasteiger partial charge on any atom is 0.122 e. The molecule has 0 saturated carbocycles. The molecule has 3 heteroatoms. The first-order valence-corrected chi connectivity index (χ1v) is 6.39. The minimum absolute atomic E-state index is 0.200. The number of hydrogen-bond donors (Lipinski definition) is 0. The Hall–Kier alpha value is -1.98. The van der Waals surface area contributed by atoms with Crippen molar-refractivity contribution in [1.29, 1.82) is 5.26 Å². The van der Waals surface area contributed by atoms with E-state index in [0.717, 1.165) is 16.9 Å². The minimum atomic E-state index is -0.200. The van der Waals surface area contributed by atoms with Crippen molar-refractivity contribution in [3.8, 4) is 11.8 Å². The number of ether oxygens (including phenoxy) is 1. The lowest BCUT2D eigenvalue weighted by molar-refractivity contribution is 0.409. The molecule has 0 radical (unpaired) electrons. The van der Waals surface area contributed by atoms with E-state index >= 15 is 0 Å². The molecule has 0 aliphatic heterocycles. The van der Waals surface area contributed by atoms with Crippen molar-refractivity contribution in [2.75, 3.05) is 7.11 Å². The molecule has 2 aromatic carbocycles. The topological polar surface area (TPSA) is 33.0 Å². The summed E-state index contributed by atoms with van der Waals surface area (Å²) in [7, 11) is 1.62. The normalized spacial score (nSPS) is 11.6. The van der Waals surface area contributed by atoms with Crippen molar-refractivity contribution >= 4 is 11.6 Å². The van der Waals surface area contributed by atoms with Crippen LogP contribution >= 0.6 is 11.6 Å². The Labute approximate surface area is 118 Å². The summed E-state index contributed by atoms with van der Waals surface area (Å²) in [5.74, 6) is 0.564. The number of hydrogen-bond acceptors (Lipinski definition) is 2. The molecule has 0 aliphatic carbocycles. The number of methoxy groups -OCH3 is 1. The van der Waals surface area contributed by atoms with Crippen molar-refractivity contribution < 1.29 is 4.74 Å². The number of halogens is 1. The van der Waals surface area contributed by atoms with Crippen molar-refractivity contribution in [3.05, 3.63) is 64.7 Å². The molecule has 0 N–H and O–H groups in total. The summed E-state index contributed by atoms with van der Waals surface area (Å²) in [6.07, 6.45) is 0.588. The first-order valence-electron chi connectivity index (χ1n) is 6.01. The van der Waals surface area contributed by atoms with Crippen LogP contribution in [0.1, 0.15) is 17.0 Å². The van der Waals surface area contributed by atoms with Crippen molar-refractivity contribution in [2.45, 2.75) is 12.3 Å². The Morgan fingerprint density at radius 3 is 2.58 bits per heavy atom. The maximum atomic E-state index is 9.35. The van der Waals surface area contributed by atoms with E-state index in [1.54, 1.807) is 13.2 Å². The van der Waals surface area contributed by atoms with Crippen LogP contribution in [0.3, 0.4) is 0 Å². The molecule has 0 amide bonds. The molecule has 0 bridgehead atoms. The fourth-order valence-corrected chi connectivity index (χ4v) is 2.24. The zero-order valence-corrected chi connectivity index (χ0v) is 11.4. The molecule has 1 unspecified atom stereocenters. The molecule has 0 heterocycles. The summed E-state index contributed by atoms with van der Waals surface area (Å²) in [6, 6.07) is 17.6. The van der Waals surface area contributed by atoms with Crippen LogP contribution in [0.25, 0.3) is 0 Å². The van der Waals surface area contributed by atoms with E-state index in [0.29, 0.717) is 11.4 Å². The fourth-order valence-electron chi connectivity index (χ4n) is 2.05. The van der Waals surface area contributed by atoms with Gasteiger partial charge in [0.2, 0.25) is 0 Å². The first kappa shape index (κ1) is 13.5. The lowest BCUT2D eigenvalue weighted by Gasteiger charge is -2.13. The first-order chi connectivity index (χ1) is 9.24. The number of nitriles is 1. The highest BCUT2D eigenvalue weighted by molar-refractivity contribution is 6.30. The second-order valence-corrected chi connectivity index (χ2v) is 4.69. The summed E-state index contributed by atoms with van der Waals surface area (Å²) >= 11 is 6.01. The van der Waals surface area contributed by atoms with Crippen LogP contribution in [0.15, 0.2) is 48.5 Å². The zero-order chi connectivity index (χ0) is 13.7. The van der Waals surface area contributed by atoms with E-state index in [2.05, 4.69) is 6.07 Å². The average Bonchev–Trinajstić information content (AvgIpc) is 2.46. The molecule has 0 fully saturated rings. The van der Waals surface area contributed by atoms with Crippen LogP contribution < -0.4 is 4.74 Å². The SMILES string of the molecule is COc1ccc(Cl)cc1CC(C#N)c1ccccc1. The summed E-state index contributed by atoms with van der Waals surface area (Å²) < 4.78 is 5.31. The molecule has 1 atom stereocenters. The van der Waals surface area contributed by atoms with Crippen molar-refractivity contribution in [1.82, 2.24) is 0 Å². The van der Waals surface area contributed by atoms with Crippen LogP contribution in [0, 0.1) is 11.3 Å². The Morgan fingerprint density at radius 2 is 1.95 bits per heavy atom. The molecule has 0 aliphatic rings. The van der Waals surface area contributed by atoms with Gasteiger partial charge in [0.05, 0.1) is 19.1 Å². The van der Waals surface area contributed by atoms with Gasteiger partial charge in [0.15, 0.2) is 0 Å². The van der Waals surface area contributed by atoms with Crippen molar-refractivity contribution in [2.24, 2.45) is 0 Å². The van der Waals surface area contributed by atoms with Crippen LogP contribution in [-0.2, 0) is 6.42 Å². The predicted molar refractivity (Wildman–Crippen MR) is 76.5 cm³/mol. The van der Waals surface area contributed by atoms with Gasteiger partial charge in [-0.15, -0.1) is 0 Å². The Balaban J connectivity index is 2.29. The molecule has 2 aromatic rings. The second-order valence-electron chi connectivity index (χ2n) is 4.25. The van der Waals surface area contributed by atoms with E-state index < -0.39 is 0 Å². The van der Waals surface area contributed by atoms with Crippen LogP contribution in [0.4, 0.5) is 0 Å². The third kappa shape index (κ3) is 3.27. The van der Waals surface area contributed by atoms with E-state index in [4.69, 9.17) is 16.3 Å². The summed E-state index contributed by atoms with van der Waals surface area (Å²) in [4.78, 5) is 0. The van der Waals surface area contributed by atoms with Gasteiger partial charge >= 0.3 is 0 Å². The molecule has 96 valence electrons. The quantitative estimate of drug-likeness (QED) is 0.835. The van der Waals surface area contributed by atoms with E-state index in [1.807, 2.05) is 42.5 Å². The van der Waals surface area contributed by atoms with Gasteiger partial charge in [-0.3, -0.25) is 0 Å². The van der Waals surface area contributed by atoms with Crippen LogP contribution in [0.2, 0.25) is 5.02 Å². The van der Waals surface area contributed by atoms with Crippen LogP contribution in [-0.4, -0.2) is 7.11 Å². The van der Waals surface area contributed by atoms with E-state index in [1.165, 1.54) is 0 Å². The third-order valence-corrected chi connectivity index (χ3v) is 3.26. The van der Waals surface area contributed by atoms with Gasteiger partial charge in [0.1, 0.15) is 5.75 Å². The second kappa shape index (κ2) is 6.26. The van der Waals surface area contributed by atoms with Gasteiger partial charge in [-0.25, -0.2) is 0 Å². The van der Waals surface area contributed by atoms with E-state index in [-0.39, 0.29) is 5.92 Å². The lowest BCUT2D eigenvalue weighted by atomic mass is 9.93. The molecule has 0 saturated heterocycles. The minimum Gasteiger partial charge on any atom is -0.496 e. The number of rotatable bonds is 4. The number of nitrogens with zero attached hydrogens (tertiary/aromatic N) is 1. The largest absolute Gasteiger partial charge is 0.496 e. The summed E-state index contributed by atoms with van der Waals surface area (Å²) in [5.41, 5.74) is 1.96. The van der Waals surface area contributed by atoms with Gasteiger partial charge in [-0.05, 0) is 35.7 Å². The molecular formula is C16H14ClNO. The molecule has 2 rings (SSSR count). The molecule has 19 heavy (non-hydrogen) atoms. The highest BCUT2D eigenvalue weighted by Gasteiger charge is 2.14. The van der Waals surface area contributed by atoms with Crippen molar-refractivity contribution in [3.63, 3.8) is 0 Å². The maximum absolute atomic E-state index is 9.35. The zero-order valence-electron chi connectivity index (χ0n) is 10.6. The Morgan fingerprint density at radius 1 is 1.21 bits per heavy atom. The lowest BCUT2D eigenvalue weighted by Crippen LogP contribution is -2.02. The molecule has 0 spiro atoms. The van der Waals surface area contributed by atoms with E-state index in [9.17, 15) is 5.26 Å². The van der Waals surface area contributed by atoms with Gasteiger partial charge in [0.25, 0.3) is 0 Å². The molecule has 2 nitrogen and oxygen atoms in total. The highest BCUT2D eigenvalue weighted by atomic mass is 35.5. The summed E-state index contributed by atoms with van der Waals surface area (Å²) in [5, 5.41) is 10.0. The molecular weight excluding hydrogens is 258 g/mol. The average molecular weight is 272 g/mol. The standard InChI is InChI=1S/C16H14ClNO/c1-19-16-8-7-15(17)10-13(16)9-14(11-18)12-5-3-2-4-6-12/h2-8,10,14H,9H2,1H3. The Bertz CT molecular complexity index is 589. The van der Waals surface area contributed by atoms with Gasteiger partial charge in [-0.2, -0.15) is 5.26 Å².